The number of aromatic amines is 1. The summed E-state index contributed by atoms with van der Waals surface area (Å²) < 4.78 is 0. The molecular formula is C18H29N3O3. The maximum Gasteiger partial charge on any atom is 0.303 e. The molecule has 0 radical (unpaired) electrons. The van der Waals surface area contributed by atoms with Crippen molar-refractivity contribution in [2.24, 2.45) is 0 Å². The van der Waals surface area contributed by atoms with E-state index < -0.39 is 5.97 Å². The number of rotatable bonds is 14. The second kappa shape index (κ2) is 13.3. The van der Waals surface area contributed by atoms with Crippen molar-refractivity contribution in [3.63, 3.8) is 0 Å². The van der Waals surface area contributed by atoms with Crippen molar-refractivity contribution in [2.75, 3.05) is 6.54 Å². The van der Waals surface area contributed by atoms with Gasteiger partial charge in [0, 0.05) is 19.0 Å². The van der Waals surface area contributed by atoms with Crippen LogP contribution in [0.25, 0.3) is 6.08 Å². The zero-order chi connectivity index (χ0) is 17.5. The van der Waals surface area contributed by atoms with Gasteiger partial charge in [0.15, 0.2) is 0 Å². The van der Waals surface area contributed by atoms with Crippen LogP contribution >= 0.6 is 0 Å². The Labute approximate surface area is 143 Å². The number of carboxylic acids is 1. The lowest BCUT2D eigenvalue weighted by molar-refractivity contribution is -0.137. The van der Waals surface area contributed by atoms with Crippen molar-refractivity contribution in [1.82, 2.24) is 15.3 Å². The first kappa shape index (κ1) is 19.9. The van der Waals surface area contributed by atoms with E-state index in [-0.39, 0.29) is 5.91 Å². The normalized spacial score (nSPS) is 11.0. The molecule has 0 spiro atoms. The number of hydrogen-bond donors (Lipinski definition) is 3. The third-order valence-corrected chi connectivity index (χ3v) is 3.80. The third kappa shape index (κ3) is 11.5. The Morgan fingerprint density at radius 2 is 1.67 bits per heavy atom. The maximum atomic E-state index is 11.6. The molecule has 3 N–H and O–H groups in total. The van der Waals surface area contributed by atoms with Crippen LogP contribution in [0, 0.1) is 0 Å². The van der Waals surface area contributed by atoms with Gasteiger partial charge in [0.2, 0.25) is 5.91 Å². The maximum absolute atomic E-state index is 11.6. The molecule has 1 aromatic heterocycles. The summed E-state index contributed by atoms with van der Waals surface area (Å²) in [6, 6.07) is 0. The molecule has 0 saturated heterocycles. The van der Waals surface area contributed by atoms with Gasteiger partial charge in [-0.1, -0.05) is 44.9 Å². The summed E-state index contributed by atoms with van der Waals surface area (Å²) in [4.78, 5) is 28.7. The smallest absolute Gasteiger partial charge is 0.303 e. The summed E-state index contributed by atoms with van der Waals surface area (Å²) in [6.45, 7) is 0.710. The largest absolute Gasteiger partial charge is 0.481 e. The highest BCUT2D eigenvalue weighted by Gasteiger charge is 1.98. The Kier molecular flexibility index (Phi) is 11.1. The molecule has 0 saturated carbocycles. The number of H-pyrrole nitrogens is 1. The van der Waals surface area contributed by atoms with Gasteiger partial charge in [-0.3, -0.25) is 9.59 Å². The molecule has 1 aromatic rings. The van der Waals surface area contributed by atoms with E-state index in [0.717, 1.165) is 37.8 Å². The van der Waals surface area contributed by atoms with Crippen molar-refractivity contribution < 1.29 is 14.7 Å². The summed E-state index contributed by atoms with van der Waals surface area (Å²) in [5.41, 5.74) is 0.813. The molecule has 0 aromatic carbocycles. The number of unbranched alkanes of at least 4 members (excludes halogenated alkanes) is 8. The SMILES string of the molecule is O=C(O)CCCCCCCCCCCNC(=O)/C=C/c1cnc[nH]1. The second-order valence-electron chi connectivity index (χ2n) is 5.96. The van der Waals surface area contributed by atoms with Gasteiger partial charge < -0.3 is 15.4 Å². The molecule has 24 heavy (non-hydrogen) atoms. The van der Waals surface area contributed by atoms with Crippen LogP contribution in [0.3, 0.4) is 0 Å². The van der Waals surface area contributed by atoms with Gasteiger partial charge in [-0.15, -0.1) is 0 Å². The number of hydrogen-bond acceptors (Lipinski definition) is 3. The second-order valence-corrected chi connectivity index (χ2v) is 5.96. The van der Waals surface area contributed by atoms with Gasteiger partial charge in [0.05, 0.1) is 18.2 Å². The van der Waals surface area contributed by atoms with E-state index >= 15 is 0 Å². The highest BCUT2D eigenvalue weighted by atomic mass is 16.4. The van der Waals surface area contributed by atoms with Gasteiger partial charge in [0.25, 0.3) is 0 Å². The minimum atomic E-state index is -0.695. The lowest BCUT2D eigenvalue weighted by Crippen LogP contribution is -2.21. The Hall–Kier alpha value is -2.11. The van der Waals surface area contributed by atoms with E-state index in [0.29, 0.717) is 13.0 Å². The zero-order valence-electron chi connectivity index (χ0n) is 14.3. The lowest BCUT2D eigenvalue weighted by atomic mass is 10.1. The molecule has 0 bridgehead atoms. The first-order valence-electron chi connectivity index (χ1n) is 8.84. The Morgan fingerprint density at radius 3 is 2.25 bits per heavy atom. The van der Waals surface area contributed by atoms with E-state index in [4.69, 9.17) is 5.11 Å². The molecule has 0 aliphatic rings. The van der Waals surface area contributed by atoms with Crippen molar-refractivity contribution >= 4 is 18.0 Å². The number of aliphatic carboxylic acids is 1. The molecule has 6 nitrogen and oxygen atoms in total. The summed E-state index contributed by atoms with van der Waals surface area (Å²) >= 11 is 0. The molecule has 0 atom stereocenters. The van der Waals surface area contributed by atoms with Crippen molar-refractivity contribution in [3.05, 3.63) is 24.3 Å². The lowest BCUT2D eigenvalue weighted by Gasteiger charge is -2.03. The fourth-order valence-corrected chi connectivity index (χ4v) is 2.43. The number of imidazole rings is 1. The summed E-state index contributed by atoms with van der Waals surface area (Å²) in [7, 11) is 0. The van der Waals surface area contributed by atoms with Gasteiger partial charge in [0.1, 0.15) is 0 Å². The molecule has 1 heterocycles. The summed E-state index contributed by atoms with van der Waals surface area (Å²) in [6.07, 6.45) is 16.6. The molecule has 6 heteroatoms. The molecule has 1 amide bonds. The van der Waals surface area contributed by atoms with E-state index in [2.05, 4.69) is 15.3 Å². The first-order chi connectivity index (χ1) is 11.7. The standard InChI is InChI=1S/C18H29N3O3/c22-17(12-11-16-14-19-15-21-16)20-13-9-7-5-3-1-2-4-6-8-10-18(23)24/h11-12,14-15H,1-10,13H2,(H,19,21)(H,20,22)(H,23,24)/b12-11+. The number of amides is 1. The molecule has 0 aliphatic heterocycles. The topological polar surface area (TPSA) is 95.1 Å². The van der Waals surface area contributed by atoms with Gasteiger partial charge >= 0.3 is 5.97 Å². The summed E-state index contributed by atoms with van der Waals surface area (Å²) in [5.74, 6) is -0.773. The number of carbonyl (C=O) groups excluding carboxylic acids is 1. The molecule has 134 valence electrons. The molecular weight excluding hydrogens is 306 g/mol. The quantitative estimate of drug-likeness (QED) is 0.358. The van der Waals surface area contributed by atoms with Crippen LogP contribution in [0.4, 0.5) is 0 Å². The fourth-order valence-electron chi connectivity index (χ4n) is 2.43. The Balaban J connectivity index is 1.83. The van der Waals surface area contributed by atoms with Crippen LogP contribution in [0.1, 0.15) is 69.9 Å². The van der Waals surface area contributed by atoms with E-state index in [1.807, 2.05) is 0 Å². The van der Waals surface area contributed by atoms with Crippen LogP contribution < -0.4 is 5.32 Å². The minimum absolute atomic E-state index is 0.0778. The number of nitrogens with one attached hydrogen (secondary N) is 2. The first-order valence-corrected chi connectivity index (χ1v) is 8.84. The van der Waals surface area contributed by atoms with Crippen LogP contribution in [0.2, 0.25) is 0 Å². The van der Waals surface area contributed by atoms with E-state index in [9.17, 15) is 9.59 Å². The summed E-state index contributed by atoms with van der Waals surface area (Å²) in [5, 5.41) is 11.4. The predicted octanol–water partition coefficient (Wildman–Crippen LogP) is 3.52. The third-order valence-electron chi connectivity index (χ3n) is 3.80. The van der Waals surface area contributed by atoms with Crippen molar-refractivity contribution in [2.45, 2.75) is 64.2 Å². The predicted molar refractivity (Wildman–Crippen MR) is 94.4 cm³/mol. The van der Waals surface area contributed by atoms with E-state index in [1.54, 1.807) is 18.6 Å². The Morgan fingerprint density at radius 1 is 1.04 bits per heavy atom. The zero-order valence-corrected chi connectivity index (χ0v) is 14.3. The van der Waals surface area contributed by atoms with Gasteiger partial charge in [-0.2, -0.15) is 0 Å². The molecule has 0 fully saturated rings. The van der Waals surface area contributed by atoms with Gasteiger partial charge in [-0.25, -0.2) is 4.98 Å². The average molecular weight is 335 g/mol. The van der Waals surface area contributed by atoms with Crippen LogP contribution in [-0.2, 0) is 9.59 Å². The Bertz CT molecular complexity index is 484. The van der Waals surface area contributed by atoms with E-state index in [1.165, 1.54) is 31.8 Å². The van der Waals surface area contributed by atoms with Crippen molar-refractivity contribution in [1.29, 1.82) is 0 Å². The number of carboxylic acid groups (broad SMARTS) is 1. The van der Waals surface area contributed by atoms with Crippen LogP contribution in [0.5, 0.6) is 0 Å². The molecule has 1 rings (SSSR count). The monoisotopic (exact) mass is 335 g/mol. The highest BCUT2D eigenvalue weighted by Crippen LogP contribution is 2.10. The highest BCUT2D eigenvalue weighted by molar-refractivity contribution is 5.91. The fraction of sp³-hybridized carbons (Fsp3) is 0.611. The average Bonchev–Trinajstić information content (AvgIpc) is 3.07. The minimum Gasteiger partial charge on any atom is -0.481 e. The molecule has 0 unspecified atom stereocenters. The van der Waals surface area contributed by atoms with Crippen LogP contribution in [-0.4, -0.2) is 33.5 Å². The number of carbonyl (C=O) groups is 2. The van der Waals surface area contributed by atoms with Crippen LogP contribution in [0.15, 0.2) is 18.6 Å². The number of nitrogens with zero attached hydrogens (tertiary/aromatic N) is 1. The number of aromatic nitrogens is 2. The van der Waals surface area contributed by atoms with Crippen molar-refractivity contribution in [3.8, 4) is 0 Å². The van der Waals surface area contributed by atoms with Gasteiger partial charge in [-0.05, 0) is 18.9 Å². The molecule has 0 aliphatic carbocycles.